The minimum atomic E-state index is -0.713. The topological polar surface area (TPSA) is 104 Å². The first-order valence-corrected chi connectivity index (χ1v) is 12.7. The van der Waals surface area contributed by atoms with Gasteiger partial charge in [-0.25, -0.2) is 14.5 Å². The fourth-order valence-electron chi connectivity index (χ4n) is 6.81. The van der Waals surface area contributed by atoms with Crippen LogP contribution in [0, 0.1) is 19.3 Å². The van der Waals surface area contributed by atoms with Crippen molar-refractivity contribution in [2.75, 3.05) is 31.2 Å². The van der Waals surface area contributed by atoms with Crippen LogP contribution in [0.2, 0.25) is 0 Å². The molecule has 186 valence electrons. The SMILES string of the molecule is Cc1nc(C2C3(CO)COC2(c2nc4c(C)cc(N5CC[C@](C)(c6ccccc6)C5)cn4n2)C3)n[nH]1. The predicted molar refractivity (Wildman–Crippen MR) is 134 cm³/mol. The van der Waals surface area contributed by atoms with Gasteiger partial charge in [0.1, 0.15) is 11.4 Å². The maximum atomic E-state index is 10.2. The molecule has 2 bridgehead atoms. The molecule has 4 atom stereocenters. The van der Waals surface area contributed by atoms with E-state index in [4.69, 9.17) is 14.8 Å². The summed E-state index contributed by atoms with van der Waals surface area (Å²) >= 11 is 0. The lowest BCUT2D eigenvalue weighted by Crippen LogP contribution is -2.53. The van der Waals surface area contributed by atoms with E-state index in [0.29, 0.717) is 24.7 Å². The minimum absolute atomic E-state index is 0.0265. The minimum Gasteiger partial charge on any atom is -0.396 e. The number of rotatable bonds is 5. The molecular weight excluding hydrogens is 454 g/mol. The molecule has 3 aliphatic heterocycles. The van der Waals surface area contributed by atoms with Crippen LogP contribution in [-0.2, 0) is 15.8 Å². The van der Waals surface area contributed by atoms with E-state index in [1.54, 1.807) is 0 Å². The molecule has 0 radical (unpaired) electrons. The van der Waals surface area contributed by atoms with Crippen molar-refractivity contribution in [3.63, 3.8) is 0 Å². The highest BCUT2D eigenvalue weighted by atomic mass is 16.5. The Bertz CT molecular complexity index is 1470. The third-order valence-electron chi connectivity index (χ3n) is 8.79. The molecule has 1 aromatic carbocycles. The number of aliphatic hydroxyl groups excluding tert-OH is 1. The molecule has 3 unspecified atom stereocenters. The number of benzene rings is 1. The molecule has 4 fully saturated rings. The number of fused-ring (bicyclic) bond motifs is 2. The van der Waals surface area contributed by atoms with Gasteiger partial charge in [-0.05, 0) is 43.9 Å². The van der Waals surface area contributed by atoms with E-state index >= 15 is 0 Å². The summed E-state index contributed by atoms with van der Waals surface area (Å²) in [6, 6.07) is 13.0. The summed E-state index contributed by atoms with van der Waals surface area (Å²) in [5.41, 5.74) is 3.47. The quantitative estimate of drug-likeness (QED) is 0.448. The van der Waals surface area contributed by atoms with Crippen molar-refractivity contribution >= 4 is 11.3 Å². The summed E-state index contributed by atoms with van der Waals surface area (Å²) in [4.78, 5) is 12.0. The Kier molecular flexibility index (Phi) is 4.49. The molecule has 6 heterocycles. The van der Waals surface area contributed by atoms with Gasteiger partial charge in [-0.1, -0.05) is 37.3 Å². The van der Waals surface area contributed by atoms with Crippen molar-refractivity contribution in [1.29, 1.82) is 0 Å². The third kappa shape index (κ3) is 2.90. The van der Waals surface area contributed by atoms with E-state index in [0.717, 1.165) is 42.2 Å². The van der Waals surface area contributed by atoms with Crippen molar-refractivity contribution in [2.45, 2.75) is 50.5 Å². The molecule has 9 heteroatoms. The molecule has 8 rings (SSSR count). The lowest BCUT2D eigenvalue weighted by Gasteiger charge is -2.48. The highest BCUT2D eigenvalue weighted by Gasteiger charge is 2.74. The number of aromatic amines is 1. The number of ether oxygens (including phenoxy) is 1. The number of hydrogen-bond acceptors (Lipinski definition) is 7. The Hall–Kier alpha value is -3.30. The monoisotopic (exact) mass is 485 g/mol. The standard InChI is InChI=1S/C27H31N7O2/c1-17-11-20(33-10-9-25(3,14-33)19-7-5-4-6-8-19)12-34-23(17)29-24(32-34)27-13-26(15-35,16-36-27)21(27)22-28-18(2)30-31-22/h4-8,11-12,21,35H,9-10,13-16H2,1-3H3,(H,28,30,31)/t21?,25-,26?,27?/m0/s1. The molecule has 3 aromatic heterocycles. The number of hydrogen-bond donors (Lipinski definition) is 2. The van der Waals surface area contributed by atoms with Crippen molar-refractivity contribution in [3.8, 4) is 0 Å². The summed E-state index contributed by atoms with van der Waals surface area (Å²) in [5, 5.41) is 22.5. The number of H-pyrrole nitrogens is 1. The molecule has 36 heavy (non-hydrogen) atoms. The fourth-order valence-corrected chi connectivity index (χ4v) is 6.81. The van der Waals surface area contributed by atoms with Gasteiger partial charge < -0.3 is 14.7 Å². The number of nitrogens with one attached hydrogen (secondary N) is 1. The van der Waals surface area contributed by atoms with Gasteiger partial charge in [0, 0.05) is 23.9 Å². The molecule has 0 spiro atoms. The number of aryl methyl sites for hydroxylation is 2. The normalized spacial score (nSPS) is 31.3. The van der Waals surface area contributed by atoms with Crippen LogP contribution in [0.25, 0.3) is 5.65 Å². The fraction of sp³-hybridized carbons (Fsp3) is 0.481. The van der Waals surface area contributed by atoms with E-state index in [2.05, 4.69) is 76.5 Å². The Morgan fingerprint density at radius 2 is 2.03 bits per heavy atom. The van der Waals surface area contributed by atoms with Crippen LogP contribution in [0.4, 0.5) is 5.69 Å². The molecular formula is C27H31N7O2. The van der Waals surface area contributed by atoms with Crippen LogP contribution in [0.3, 0.4) is 0 Å². The predicted octanol–water partition coefficient (Wildman–Crippen LogP) is 3.02. The summed E-state index contributed by atoms with van der Waals surface area (Å²) in [5.74, 6) is 1.88. The second-order valence-electron chi connectivity index (χ2n) is 11.3. The average molecular weight is 486 g/mol. The van der Waals surface area contributed by atoms with E-state index < -0.39 is 5.60 Å². The number of pyridine rings is 1. The highest BCUT2D eigenvalue weighted by molar-refractivity contribution is 5.58. The third-order valence-corrected chi connectivity index (χ3v) is 8.79. The van der Waals surface area contributed by atoms with Gasteiger partial charge in [0.15, 0.2) is 17.3 Å². The summed E-state index contributed by atoms with van der Waals surface area (Å²) < 4.78 is 8.24. The molecule has 9 nitrogen and oxygen atoms in total. The molecule has 4 aromatic rings. The summed E-state index contributed by atoms with van der Waals surface area (Å²) in [7, 11) is 0. The molecule has 4 aliphatic rings. The Morgan fingerprint density at radius 1 is 1.19 bits per heavy atom. The van der Waals surface area contributed by atoms with Crippen LogP contribution in [0.5, 0.6) is 0 Å². The van der Waals surface area contributed by atoms with Crippen LogP contribution < -0.4 is 4.90 Å². The zero-order valence-electron chi connectivity index (χ0n) is 20.9. The van der Waals surface area contributed by atoms with Gasteiger partial charge >= 0.3 is 0 Å². The van der Waals surface area contributed by atoms with Crippen LogP contribution in [0.15, 0.2) is 42.6 Å². The second-order valence-corrected chi connectivity index (χ2v) is 11.3. The van der Waals surface area contributed by atoms with Crippen molar-refractivity contribution in [2.24, 2.45) is 5.41 Å². The average Bonchev–Trinajstić information content (AvgIpc) is 3.67. The molecule has 1 aliphatic carbocycles. The maximum Gasteiger partial charge on any atom is 0.184 e. The van der Waals surface area contributed by atoms with Gasteiger partial charge in [0.05, 0.1) is 31.0 Å². The number of aliphatic hydroxyl groups is 1. The summed E-state index contributed by atoms with van der Waals surface area (Å²) in [6.45, 7) is 8.76. The van der Waals surface area contributed by atoms with Crippen molar-refractivity contribution in [3.05, 3.63) is 71.2 Å². The van der Waals surface area contributed by atoms with Crippen LogP contribution in [-0.4, -0.2) is 61.2 Å². The Balaban J connectivity index is 1.24. The van der Waals surface area contributed by atoms with Gasteiger partial charge in [-0.15, -0.1) is 5.10 Å². The molecule has 3 saturated heterocycles. The number of anilines is 1. The van der Waals surface area contributed by atoms with Gasteiger partial charge in [-0.3, -0.25) is 5.10 Å². The van der Waals surface area contributed by atoms with E-state index in [1.165, 1.54) is 5.56 Å². The van der Waals surface area contributed by atoms with Gasteiger partial charge in [0.2, 0.25) is 0 Å². The number of aromatic nitrogens is 6. The largest absolute Gasteiger partial charge is 0.396 e. The second kappa shape index (κ2) is 7.36. The lowest BCUT2D eigenvalue weighted by atomic mass is 9.53. The van der Waals surface area contributed by atoms with E-state index in [-0.39, 0.29) is 23.4 Å². The highest BCUT2D eigenvalue weighted by Crippen LogP contribution is 2.70. The van der Waals surface area contributed by atoms with Crippen molar-refractivity contribution < 1.29 is 9.84 Å². The van der Waals surface area contributed by atoms with Crippen LogP contribution >= 0.6 is 0 Å². The molecule has 1 saturated carbocycles. The Labute approximate surface area is 209 Å². The summed E-state index contributed by atoms with van der Waals surface area (Å²) in [6.07, 6.45) is 3.86. The van der Waals surface area contributed by atoms with E-state index in [9.17, 15) is 5.11 Å². The zero-order chi connectivity index (χ0) is 24.7. The molecule has 2 N–H and O–H groups in total. The molecule has 0 amide bonds. The first kappa shape index (κ1) is 21.9. The first-order valence-electron chi connectivity index (χ1n) is 12.7. The maximum absolute atomic E-state index is 10.2. The zero-order valence-corrected chi connectivity index (χ0v) is 20.9. The smallest absolute Gasteiger partial charge is 0.184 e. The van der Waals surface area contributed by atoms with E-state index in [1.807, 2.05) is 11.4 Å². The van der Waals surface area contributed by atoms with Crippen molar-refractivity contribution in [1.82, 2.24) is 29.8 Å². The van der Waals surface area contributed by atoms with Gasteiger partial charge in [-0.2, -0.15) is 5.10 Å². The Morgan fingerprint density at radius 3 is 2.78 bits per heavy atom. The number of nitrogens with zero attached hydrogens (tertiary/aromatic N) is 6. The lowest BCUT2D eigenvalue weighted by molar-refractivity contribution is -0.0714. The van der Waals surface area contributed by atoms with Crippen LogP contribution in [0.1, 0.15) is 54.3 Å². The van der Waals surface area contributed by atoms with Gasteiger partial charge in [0.25, 0.3) is 0 Å². The first-order chi connectivity index (χ1) is 17.4.